The summed E-state index contributed by atoms with van der Waals surface area (Å²) in [5, 5.41) is 4.68. The summed E-state index contributed by atoms with van der Waals surface area (Å²) in [6, 6.07) is 0.275. The zero-order valence-corrected chi connectivity index (χ0v) is 16.6. The second kappa shape index (κ2) is 8.31. The van der Waals surface area contributed by atoms with Gasteiger partial charge in [-0.15, -0.1) is 0 Å². The number of nitrogens with zero attached hydrogens (tertiary/aromatic N) is 3. The Morgan fingerprint density at radius 2 is 1.89 bits per heavy atom. The van der Waals surface area contributed by atoms with E-state index in [-0.39, 0.29) is 18.1 Å². The van der Waals surface area contributed by atoms with Crippen molar-refractivity contribution < 1.29 is 9.53 Å². The molecule has 2 N–H and O–H groups in total. The fourth-order valence-corrected chi connectivity index (χ4v) is 5.18. The third-order valence-corrected chi connectivity index (χ3v) is 6.79. The number of amides is 1. The van der Waals surface area contributed by atoms with Crippen LogP contribution in [0.5, 0.6) is 0 Å². The van der Waals surface area contributed by atoms with Crippen molar-refractivity contribution in [3.8, 4) is 0 Å². The molecule has 1 aromatic rings. The maximum absolute atomic E-state index is 13.2. The average Bonchev–Trinajstić information content (AvgIpc) is 3.10. The number of hydrogen-bond acceptors (Lipinski definition) is 4. The zero-order chi connectivity index (χ0) is 18.8. The molecule has 2 atom stereocenters. The number of nitrogens with two attached hydrogens (primary N) is 1. The summed E-state index contributed by atoms with van der Waals surface area (Å²) >= 11 is 0. The third-order valence-electron chi connectivity index (χ3n) is 6.79. The van der Waals surface area contributed by atoms with E-state index in [2.05, 4.69) is 5.10 Å². The summed E-state index contributed by atoms with van der Waals surface area (Å²) in [6.45, 7) is 2.42. The minimum atomic E-state index is 0.170. The van der Waals surface area contributed by atoms with Gasteiger partial charge in [0, 0.05) is 44.9 Å². The molecule has 3 heterocycles. The second-order valence-electron chi connectivity index (χ2n) is 8.76. The van der Waals surface area contributed by atoms with E-state index in [1.54, 1.807) is 0 Å². The van der Waals surface area contributed by atoms with Crippen molar-refractivity contribution in [2.24, 2.45) is 18.7 Å². The van der Waals surface area contributed by atoms with Gasteiger partial charge < -0.3 is 15.4 Å². The van der Waals surface area contributed by atoms with Crippen LogP contribution in [0.15, 0.2) is 6.20 Å². The van der Waals surface area contributed by atoms with E-state index in [1.807, 2.05) is 22.8 Å². The number of ether oxygens (including phenoxy) is 1. The smallest absolute Gasteiger partial charge is 0.257 e. The molecule has 150 valence electrons. The highest BCUT2D eigenvalue weighted by Crippen LogP contribution is 2.34. The minimum Gasteiger partial charge on any atom is -0.378 e. The molecule has 6 nitrogen and oxygen atoms in total. The van der Waals surface area contributed by atoms with E-state index in [0.29, 0.717) is 11.8 Å². The fraction of sp³-hybridized carbons (Fsp3) is 0.810. The maximum Gasteiger partial charge on any atom is 0.257 e. The molecule has 0 spiro atoms. The summed E-state index contributed by atoms with van der Waals surface area (Å²) in [5.74, 6) is 1.16. The van der Waals surface area contributed by atoms with Crippen LogP contribution in [-0.2, 0) is 11.8 Å². The maximum atomic E-state index is 13.2. The van der Waals surface area contributed by atoms with Gasteiger partial charge in [-0.2, -0.15) is 5.10 Å². The van der Waals surface area contributed by atoms with Crippen LogP contribution in [0.1, 0.15) is 79.8 Å². The lowest BCUT2D eigenvalue weighted by atomic mass is 9.84. The Morgan fingerprint density at radius 1 is 1.15 bits per heavy atom. The van der Waals surface area contributed by atoms with Gasteiger partial charge in [0.1, 0.15) is 0 Å². The molecule has 0 radical (unpaired) electrons. The largest absolute Gasteiger partial charge is 0.378 e. The first-order chi connectivity index (χ1) is 13.1. The molecule has 2 unspecified atom stereocenters. The first kappa shape index (κ1) is 18.9. The van der Waals surface area contributed by atoms with Crippen molar-refractivity contribution in [2.75, 3.05) is 19.7 Å². The Balaban J connectivity index is 1.39. The fourth-order valence-electron chi connectivity index (χ4n) is 5.18. The van der Waals surface area contributed by atoms with Gasteiger partial charge in [0.05, 0.1) is 17.4 Å². The average molecular weight is 375 g/mol. The van der Waals surface area contributed by atoms with Gasteiger partial charge in [0.15, 0.2) is 0 Å². The van der Waals surface area contributed by atoms with Crippen molar-refractivity contribution in [3.05, 3.63) is 17.5 Å². The SMILES string of the molecule is Cn1cc(C(=O)N2CCC(C3CC(N)CCO3)CC2)c(C2CCCCC2)n1. The van der Waals surface area contributed by atoms with Gasteiger partial charge in [0.2, 0.25) is 0 Å². The number of carbonyl (C=O) groups excluding carboxylic acids is 1. The van der Waals surface area contributed by atoms with E-state index in [4.69, 9.17) is 10.5 Å². The van der Waals surface area contributed by atoms with E-state index in [1.165, 1.54) is 32.1 Å². The summed E-state index contributed by atoms with van der Waals surface area (Å²) in [5.41, 5.74) is 7.98. The Morgan fingerprint density at radius 3 is 2.59 bits per heavy atom. The van der Waals surface area contributed by atoms with Crippen LogP contribution in [-0.4, -0.2) is 52.4 Å². The van der Waals surface area contributed by atoms with Crippen LogP contribution in [0, 0.1) is 5.92 Å². The number of piperidine rings is 1. The molecule has 2 aliphatic heterocycles. The molecule has 1 aliphatic carbocycles. The quantitative estimate of drug-likeness (QED) is 0.883. The predicted molar refractivity (Wildman–Crippen MR) is 105 cm³/mol. The number of rotatable bonds is 3. The van der Waals surface area contributed by atoms with E-state index in [9.17, 15) is 4.79 Å². The van der Waals surface area contributed by atoms with E-state index >= 15 is 0 Å². The zero-order valence-electron chi connectivity index (χ0n) is 16.6. The predicted octanol–water partition coefficient (Wildman–Crippen LogP) is 2.83. The van der Waals surface area contributed by atoms with Crippen LogP contribution in [0.4, 0.5) is 0 Å². The Kier molecular flexibility index (Phi) is 5.83. The van der Waals surface area contributed by atoms with Crippen molar-refractivity contribution >= 4 is 5.91 Å². The molecule has 3 fully saturated rings. The van der Waals surface area contributed by atoms with Crippen LogP contribution in [0.25, 0.3) is 0 Å². The number of hydrogen-bond donors (Lipinski definition) is 1. The number of aromatic nitrogens is 2. The van der Waals surface area contributed by atoms with Gasteiger partial charge >= 0.3 is 0 Å². The summed E-state index contributed by atoms with van der Waals surface area (Å²) in [6.07, 6.45) is 12.3. The standard InChI is InChI=1S/C21H34N4O2/c1-24-14-18(20(23-24)16-5-3-2-4-6-16)21(26)25-10-7-15(8-11-25)19-13-17(22)9-12-27-19/h14-17,19H,2-13,22H2,1H3. The molecule has 3 aliphatic rings. The summed E-state index contributed by atoms with van der Waals surface area (Å²) in [7, 11) is 1.93. The Hall–Kier alpha value is -1.40. The summed E-state index contributed by atoms with van der Waals surface area (Å²) < 4.78 is 7.79. The molecule has 1 saturated carbocycles. The topological polar surface area (TPSA) is 73.4 Å². The number of likely N-dealkylation sites (tertiary alicyclic amines) is 1. The highest BCUT2D eigenvalue weighted by Gasteiger charge is 2.34. The van der Waals surface area contributed by atoms with Crippen molar-refractivity contribution in [1.82, 2.24) is 14.7 Å². The van der Waals surface area contributed by atoms with Crippen LogP contribution in [0.2, 0.25) is 0 Å². The molecule has 0 aromatic carbocycles. The van der Waals surface area contributed by atoms with E-state index < -0.39 is 0 Å². The van der Waals surface area contributed by atoms with Crippen molar-refractivity contribution in [3.63, 3.8) is 0 Å². The van der Waals surface area contributed by atoms with Gasteiger partial charge in [0.25, 0.3) is 5.91 Å². The molecule has 1 amide bonds. The first-order valence-corrected chi connectivity index (χ1v) is 10.8. The Bertz CT molecular complexity index is 645. The molecular formula is C21H34N4O2. The van der Waals surface area contributed by atoms with Crippen LogP contribution < -0.4 is 5.73 Å². The summed E-state index contributed by atoms with van der Waals surface area (Å²) in [4.78, 5) is 15.3. The lowest BCUT2D eigenvalue weighted by Crippen LogP contribution is -2.45. The molecule has 27 heavy (non-hydrogen) atoms. The molecule has 0 bridgehead atoms. The highest BCUT2D eigenvalue weighted by atomic mass is 16.5. The number of aryl methyl sites for hydroxylation is 1. The molecule has 1 aromatic heterocycles. The number of carbonyl (C=O) groups is 1. The molecule has 4 rings (SSSR count). The first-order valence-electron chi connectivity index (χ1n) is 10.8. The van der Waals surface area contributed by atoms with Gasteiger partial charge in [-0.25, -0.2) is 0 Å². The van der Waals surface area contributed by atoms with Crippen molar-refractivity contribution in [2.45, 2.75) is 75.9 Å². The molecule has 2 saturated heterocycles. The highest BCUT2D eigenvalue weighted by molar-refractivity contribution is 5.95. The lowest BCUT2D eigenvalue weighted by Gasteiger charge is -2.38. The van der Waals surface area contributed by atoms with Crippen LogP contribution in [0.3, 0.4) is 0 Å². The van der Waals surface area contributed by atoms with Gasteiger partial charge in [-0.05, 0) is 44.4 Å². The van der Waals surface area contributed by atoms with E-state index in [0.717, 1.165) is 56.6 Å². The molecule has 6 heteroatoms. The third kappa shape index (κ3) is 4.21. The Labute approximate surface area is 162 Å². The van der Waals surface area contributed by atoms with Gasteiger partial charge in [-0.1, -0.05) is 19.3 Å². The van der Waals surface area contributed by atoms with Crippen molar-refractivity contribution in [1.29, 1.82) is 0 Å². The van der Waals surface area contributed by atoms with Crippen LogP contribution >= 0.6 is 0 Å². The minimum absolute atomic E-state index is 0.170. The van der Waals surface area contributed by atoms with Gasteiger partial charge in [-0.3, -0.25) is 9.48 Å². The lowest BCUT2D eigenvalue weighted by molar-refractivity contribution is -0.0419. The second-order valence-corrected chi connectivity index (χ2v) is 8.76. The monoisotopic (exact) mass is 374 g/mol. The normalized spacial score (nSPS) is 28.4. The molecular weight excluding hydrogens is 340 g/mol.